The van der Waals surface area contributed by atoms with E-state index in [0.717, 1.165) is 51.0 Å². The highest BCUT2D eigenvalue weighted by Crippen LogP contribution is 2.38. The van der Waals surface area contributed by atoms with Crippen molar-refractivity contribution < 1.29 is 9.59 Å². The van der Waals surface area contributed by atoms with Crippen LogP contribution in [0.2, 0.25) is 0 Å². The minimum Gasteiger partial charge on any atom is -0.343 e. The molecule has 136 valence electrons. The van der Waals surface area contributed by atoms with E-state index in [1.54, 1.807) is 0 Å². The Morgan fingerprint density at radius 1 is 1.12 bits per heavy atom. The van der Waals surface area contributed by atoms with Crippen LogP contribution < -0.4 is 4.90 Å². The standard InChI is InChI=1S/C20H28N2O2S/c1-3-6-19(23)21-12-10-16(11-13-21)20(24)22-14-9-15(2)25-18-8-5-4-7-17(18)22/h4-5,7-8,15-16H,3,6,9-14H2,1-2H3. The fraction of sp³-hybridized carbons (Fsp3) is 0.600. The van der Waals surface area contributed by atoms with Crippen LogP contribution in [0.5, 0.6) is 0 Å². The number of carbonyl (C=O) groups excluding carboxylic acids is 2. The van der Waals surface area contributed by atoms with Crippen LogP contribution in [0, 0.1) is 5.92 Å². The Kier molecular flexibility index (Phi) is 6.05. The van der Waals surface area contributed by atoms with Gasteiger partial charge in [0.15, 0.2) is 0 Å². The molecule has 2 heterocycles. The number of hydrogen-bond donors (Lipinski definition) is 0. The average Bonchev–Trinajstić information content (AvgIpc) is 2.79. The van der Waals surface area contributed by atoms with Crippen LogP contribution in [0.1, 0.15) is 46.0 Å². The van der Waals surface area contributed by atoms with Crippen molar-refractivity contribution in [3.8, 4) is 0 Å². The largest absolute Gasteiger partial charge is 0.343 e. The van der Waals surface area contributed by atoms with E-state index in [2.05, 4.69) is 19.1 Å². The molecule has 1 atom stereocenters. The van der Waals surface area contributed by atoms with Gasteiger partial charge in [-0.3, -0.25) is 9.59 Å². The monoisotopic (exact) mass is 360 g/mol. The van der Waals surface area contributed by atoms with Gasteiger partial charge in [0.1, 0.15) is 0 Å². The van der Waals surface area contributed by atoms with E-state index in [1.807, 2.05) is 40.6 Å². The van der Waals surface area contributed by atoms with Gasteiger partial charge < -0.3 is 9.80 Å². The van der Waals surface area contributed by atoms with Gasteiger partial charge in [0.2, 0.25) is 11.8 Å². The number of piperidine rings is 1. The number of thioether (sulfide) groups is 1. The molecule has 0 aromatic heterocycles. The lowest BCUT2D eigenvalue weighted by molar-refractivity contribution is -0.135. The Hall–Kier alpha value is -1.49. The van der Waals surface area contributed by atoms with Crippen molar-refractivity contribution in [3.63, 3.8) is 0 Å². The minimum absolute atomic E-state index is 0.0390. The molecule has 0 N–H and O–H groups in total. The minimum atomic E-state index is 0.0390. The third-order valence-electron chi connectivity index (χ3n) is 5.17. The van der Waals surface area contributed by atoms with E-state index in [0.29, 0.717) is 11.7 Å². The molecule has 1 aromatic rings. The van der Waals surface area contributed by atoms with E-state index in [-0.39, 0.29) is 17.7 Å². The summed E-state index contributed by atoms with van der Waals surface area (Å²) in [6.07, 6.45) is 4.09. The Balaban J connectivity index is 1.68. The summed E-state index contributed by atoms with van der Waals surface area (Å²) in [6, 6.07) is 8.25. The predicted molar refractivity (Wildman–Crippen MR) is 103 cm³/mol. The lowest BCUT2D eigenvalue weighted by atomic mass is 9.94. The summed E-state index contributed by atoms with van der Waals surface area (Å²) in [6.45, 7) is 6.49. The highest BCUT2D eigenvalue weighted by atomic mass is 32.2. The van der Waals surface area contributed by atoms with Gasteiger partial charge in [-0.05, 0) is 37.8 Å². The van der Waals surface area contributed by atoms with Gasteiger partial charge in [0.25, 0.3) is 0 Å². The van der Waals surface area contributed by atoms with Crippen molar-refractivity contribution in [2.45, 2.75) is 56.1 Å². The number of rotatable bonds is 3. The molecule has 1 aromatic carbocycles. The number of hydrogen-bond acceptors (Lipinski definition) is 3. The summed E-state index contributed by atoms with van der Waals surface area (Å²) in [5.41, 5.74) is 1.06. The van der Waals surface area contributed by atoms with Gasteiger partial charge in [-0.15, -0.1) is 11.8 Å². The molecule has 0 spiro atoms. The van der Waals surface area contributed by atoms with Crippen molar-refractivity contribution in [2.24, 2.45) is 5.92 Å². The van der Waals surface area contributed by atoms with Crippen LogP contribution in [-0.4, -0.2) is 41.6 Å². The molecular formula is C20H28N2O2S. The van der Waals surface area contributed by atoms with Crippen molar-refractivity contribution in [1.82, 2.24) is 4.90 Å². The zero-order chi connectivity index (χ0) is 17.8. The first-order valence-corrected chi connectivity index (χ1v) is 10.3. The fourth-order valence-corrected chi connectivity index (χ4v) is 4.80. The molecule has 25 heavy (non-hydrogen) atoms. The maximum atomic E-state index is 13.2. The van der Waals surface area contributed by atoms with Gasteiger partial charge in [-0.25, -0.2) is 0 Å². The number of para-hydroxylation sites is 1. The molecule has 2 aliphatic heterocycles. The third-order valence-corrected chi connectivity index (χ3v) is 6.41. The normalized spacial score (nSPS) is 21.6. The summed E-state index contributed by atoms with van der Waals surface area (Å²) >= 11 is 1.86. The lowest BCUT2D eigenvalue weighted by Crippen LogP contribution is -2.44. The van der Waals surface area contributed by atoms with Gasteiger partial charge in [-0.2, -0.15) is 0 Å². The second-order valence-electron chi connectivity index (χ2n) is 7.08. The summed E-state index contributed by atoms with van der Waals surface area (Å²) in [5.74, 6) is 0.514. The second-order valence-corrected chi connectivity index (χ2v) is 8.56. The summed E-state index contributed by atoms with van der Waals surface area (Å²) in [7, 11) is 0. The molecule has 2 amide bonds. The number of likely N-dealkylation sites (tertiary alicyclic amines) is 1. The first-order chi connectivity index (χ1) is 12.1. The number of anilines is 1. The second kappa shape index (κ2) is 8.26. The van der Waals surface area contributed by atoms with Gasteiger partial charge in [-0.1, -0.05) is 26.0 Å². The van der Waals surface area contributed by atoms with Crippen molar-refractivity contribution in [1.29, 1.82) is 0 Å². The average molecular weight is 361 g/mol. The quantitative estimate of drug-likeness (QED) is 0.820. The summed E-state index contributed by atoms with van der Waals surface area (Å²) < 4.78 is 0. The number of carbonyl (C=O) groups is 2. The van der Waals surface area contributed by atoms with Gasteiger partial charge in [0.05, 0.1) is 5.69 Å². The molecule has 1 unspecified atom stereocenters. The Morgan fingerprint density at radius 2 is 1.84 bits per heavy atom. The predicted octanol–water partition coefficient (Wildman–Crippen LogP) is 3.94. The van der Waals surface area contributed by atoms with Crippen molar-refractivity contribution in [2.75, 3.05) is 24.5 Å². The summed E-state index contributed by atoms with van der Waals surface area (Å²) in [4.78, 5) is 30.4. The number of benzene rings is 1. The highest BCUT2D eigenvalue weighted by Gasteiger charge is 2.32. The highest BCUT2D eigenvalue weighted by molar-refractivity contribution is 8.00. The van der Waals surface area contributed by atoms with Crippen LogP contribution in [-0.2, 0) is 9.59 Å². The van der Waals surface area contributed by atoms with E-state index in [4.69, 9.17) is 0 Å². The lowest BCUT2D eigenvalue weighted by Gasteiger charge is -2.34. The molecule has 0 bridgehead atoms. The Bertz CT molecular complexity index is 626. The van der Waals surface area contributed by atoms with E-state index in [1.165, 1.54) is 4.90 Å². The Morgan fingerprint density at radius 3 is 2.56 bits per heavy atom. The summed E-state index contributed by atoms with van der Waals surface area (Å²) in [5, 5.41) is 0.521. The maximum Gasteiger partial charge on any atom is 0.230 e. The number of amides is 2. The molecular weight excluding hydrogens is 332 g/mol. The number of nitrogens with zero attached hydrogens (tertiary/aromatic N) is 2. The zero-order valence-corrected chi connectivity index (χ0v) is 16.1. The fourth-order valence-electron chi connectivity index (χ4n) is 3.68. The third kappa shape index (κ3) is 4.20. The van der Waals surface area contributed by atoms with Gasteiger partial charge in [0, 0.05) is 42.1 Å². The molecule has 0 saturated carbocycles. The van der Waals surface area contributed by atoms with Crippen LogP contribution in [0.15, 0.2) is 29.2 Å². The topological polar surface area (TPSA) is 40.6 Å². The number of fused-ring (bicyclic) bond motifs is 1. The van der Waals surface area contributed by atoms with Gasteiger partial charge >= 0.3 is 0 Å². The first kappa shape index (κ1) is 18.3. The molecule has 0 radical (unpaired) electrons. The van der Waals surface area contributed by atoms with Crippen LogP contribution in [0.4, 0.5) is 5.69 Å². The molecule has 3 rings (SSSR count). The molecule has 2 aliphatic rings. The van der Waals surface area contributed by atoms with Crippen molar-refractivity contribution in [3.05, 3.63) is 24.3 Å². The molecule has 4 nitrogen and oxygen atoms in total. The molecule has 5 heteroatoms. The zero-order valence-electron chi connectivity index (χ0n) is 15.2. The van der Waals surface area contributed by atoms with Crippen LogP contribution >= 0.6 is 11.8 Å². The SMILES string of the molecule is CCCC(=O)N1CCC(C(=O)N2CCC(C)Sc3ccccc32)CC1. The van der Waals surface area contributed by atoms with E-state index >= 15 is 0 Å². The smallest absolute Gasteiger partial charge is 0.230 e. The molecule has 1 fully saturated rings. The maximum absolute atomic E-state index is 13.2. The van der Waals surface area contributed by atoms with E-state index in [9.17, 15) is 9.59 Å². The van der Waals surface area contributed by atoms with Crippen molar-refractivity contribution >= 4 is 29.3 Å². The Labute approximate surface area is 154 Å². The molecule has 1 saturated heterocycles. The van der Waals surface area contributed by atoms with Crippen LogP contribution in [0.25, 0.3) is 0 Å². The van der Waals surface area contributed by atoms with E-state index < -0.39 is 0 Å². The molecule has 0 aliphatic carbocycles. The van der Waals surface area contributed by atoms with Crippen LogP contribution in [0.3, 0.4) is 0 Å². The first-order valence-electron chi connectivity index (χ1n) is 9.45.